The molecule has 0 bridgehead atoms. The number of benzene rings is 6. The Balaban J connectivity index is 0.000000267. The minimum Gasteiger partial charge on any atom is -0.497 e. The van der Waals surface area contributed by atoms with Crippen LogP contribution in [0.2, 0.25) is 0 Å². The summed E-state index contributed by atoms with van der Waals surface area (Å²) in [6.07, 6.45) is 4.40. The maximum atomic E-state index is 14.9. The van der Waals surface area contributed by atoms with Gasteiger partial charge in [-0.15, -0.1) is 5.92 Å². The molecule has 0 heterocycles. The predicted molar refractivity (Wildman–Crippen MR) is 283 cm³/mol. The molecule has 0 radical (unpaired) electrons. The molecule has 0 saturated carbocycles. The number of methoxy groups -OCH3 is 4. The molecule has 0 saturated heterocycles. The average Bonchev–Trinajstić information content (AvgIpc) is 3.37. The molecular weight excluding hydrogens is 911 g/mol. The van der Waals surface area contributed by atoms with Gasteiger partial charge in [-0.2, -0.15) is 0 Å². The summed E-state index contributed by atoms with van der Waals surface area (Å²) < 4.78 is 62.1. The number of halogens is 2. The highest BCUT2D eigenvalue weighted by molar-refractivity contribution is 5.74. The van der Waals surface area contributed by atoms with Gasteiger partial charge in [0.05, 0.1) is 47.2 Å². The highest BCUT2D eigenvalue weighted by Gasteiger charge is 2.24. The van der Waals surface area contributed by atoms with Crippen molar-refractivity contribution in [3.63, 3.8) is 0 Å². The van der Waals surface area contributed by atoms with E-state index in [0.29, 0.717) is 47.3 Å². The number of allylic oxidation sites excluding steroid dienone is 2. The van der Waals surface area contributed by atoms with Crippen molar-refractivity contribution in [2.45, 2.75) is 104 Å². The van der Waals surface area contributed by atoms with Gasteiger partial charge < -0.3 is 28.4 Å². The van der Waals surface area contributed by atoms with E-state index < -0.39 is 0 Å². The van der Waals surface area contributed by atoms with E-state index in [1.807, 2.05) is 104 Å². The Kier molecular flexibility index (Phi) is 19.8. The van der Waals surface area contributed by atoms with Crippen molar-refractivity contribution in [3.8, 4) is 57.1 Å². The van der Waals surface area contributed by atoms with Gasteiger partial charge in [-0.1, -0.05) is 108 Å². The van der Waals surface area contributed by atoms with Crippen LogP contribution in [0.3, 0.4) is 0 Å². The van der Waals surface area contributed by atoms with Crippen LogP contribution in [0, 0.1) is 23.5 Å². The summed E-state index contributed by atoms with van der Waals surface area (Å²) in [5.74, 6) is 7.12. The molecule has 6 aromatic rings. The summed E-state index contributed by atoms with van der Waals surface area (Å²) in [6, 6.07) is 36.9. The van der Waals surface area contributed by atoms with Gasteiger partial charge in [0.25, 0.3) is 0 Å². The molecule has 378 valence electrons. The van der Waals surface area contributed by atoms with Gasteiger partial charge >= 0.3 is 11.9 Å². The number of hydrogen-bond donors (Lipinski definition) is 0. The third-order valence-corrected chi connectivity index (χ3v) is 12.1. The fourth-order valence-corrected chi connectivity index (χ4v) is 8.20. The SMILES string of the molecule is C/C=C\[C@H](CC(=O)OC)c1ccc(OCc2ccc(C(C)(C)C)c(-c3cc(OC)ccc3F)c2)cc1.CC#C[C@H](CC(=O)OC)c1ccc(OCc2ccc(C(C)(C)C)c(-c3cc(OC)ccc3F)c2)cc1. The Labute approximate surface area is 425 Å². The number of carbonyl (C=O) groups is 2. The van der Waals surface area contributed by atoms with Crippen LogP contribution in [0.4, 0.5) is 8.78 Å². The summed E-state index contributed by atoms with van der Waals surface area (Å²) in [6.45, 7) is 17.0. The summed E-state index contributed by atoms with van der Waals surface area (Å²) >= 11 is 0. The first-order valence-corrected chi connectivity index (χ1v) is 23.9. The van der Waals surface area contributed by atoms with Crippen LogP contribution in [0.1, 0.15) is 113 Å². The second kappa shape index (κ2) is 25.7. The maximum Gasteiger partial charge on any atom is 0.307 e. The Morgan fingerprint density at radius 1 is 0.542 bits per heavy atom. The zero-order chi connectivity index (χ0) is 52.6. The van der Waals surface area contributed by atoms with Crippen molar-refractivity contribution in [2.24, 2.45) is 0 Å². The van der Waals surface area contributed by atoms with Crippen LogP contribution in [-0.2, 0) is 43.1 Å². The van der Waals surface area contributed by atoms with Gasteiger partial charge in [0.2, 0.25) is 0 Å². The van der Waals surface area contributed by atoms with E-state index in [1.54, 1.807) is 45.4 Å². The van der Waals surface area contributed by atoms with E-state index in [1.165, 1.54) is 26.4 Å². The zero-order valence-corrected chi connectivity index (χ0v) is 43.7. The quantitative estimate of drug-likeness (QED) is 0.0507. The third kappa shape index (κ3) is 15.3. The van der Waals surface area contributed by atoms with Crippen molar-refractivity contribution in [3.05, 3.63) is 178 Å². The molecule has 2 atom stereocenters. The van der Waals surface area contributed by atoms with Crippen LogP contribution >= 0.6 is 0 Å². The summed E-state index contributed by atoms with van der Waals surface area (Å²) in [5.41, 5.74) is 8.17. The lowest BCUT2D eigenvalue weighted by Crippen LogP contribution is -2.13. The second-order valence-electron chi connectivity index (χ2n) is 19.3. The van der Waals surface area contributed by atoms with Crippen LogP contribution in [-0.4, -0.2) is 40.4 Å². The first-order valence-electron chi connectivity index (χ1n) is 23.9. The van der Waals surface area contributed by atoms with Gasteiger partial charge in [-0.3, -0.25) is 9.59 Å². The Hall–Kier alpha value is -7.38. The second-order valence-corrected chi connectivity index (χ2v) is 19.3. The lowest BCUT2D eigenvalue weighted by Gasteiger charge is -2.24. The van der Waals surface area contributed by atoms with Crippen molar-refractivity contribution < 1.29 is 46.8 Å². The largest absolute Gasteiger partial charge is 0.497 e. The monoisotopic (exact) mass is 978 g/mol. The number of carbonyl (C=O) groups excluding carboxylic acids is 2. The summed E-state index contributed by atoms with van der Waals surface area (Å²) in [7, 11) is 5.92. The van der Waals surface area contributed by atoms with Gasteiger partial charge in [-0.25, -0.2) is 8.78 Å². The molecule has 0 aliphatic carbocycles. The lowest BCUT2D eigenvalue weighted by molar-refractivity contribution is -0.141. The van der Waals surface area contributed by atoms with Crippen molar-refractivity contribution in [2.75, 3.05) is 28.4 Å². The third-order valence-electron chi connectivity index (χ3n) is 12.1. The minimum atomic E-state index is -0.301. The van der Waals surface area contributed by atoms with Crippen LogP contribution in [0.15, 0.2) is 133 Å². The Bertz CT molecular complexity index is 2860. The predicted octanol–water partition coefficient (Wildman–Crippen LogP) is 14.6. The highest BCUT2D eigenvalue weighted by Crippen LogP contribution is 2.39. The smallest absolute Gasteiger partial charge is 0.307 e. The molecule has 0 aliphatic rings. The molecule has 72 heavy (non-hydrogen) atoms. The summed E-state index contributed by atoms with van der Waals surface area (Å²) in [5, 5.41) is 0. The number of ether oxygens (including phenoxy) is 6. The molecule has 6 rings (SSSR count). The lowest BCUT2D eigenvalue weighted by atomic mass is 9.81. The Morgan fingerprint density at radius 3 is 1.35 bits per heavy atom. The molecule has 0 fully saturated rings. The van der Waals surface area contributed by atoms with Crippen molar-refractivity contribution in [1.82, 2.24) is 0 Å². The molecule has 0 amide bonds. The summed E-state index contributed by atoms with van der Waals surface area (Å²) in [4.78, 5) is 23.5. The van der Waals surface area contributed by atoms with Gasteiger partial charge in [0, 0.05) is 17.0 Å². The van der Waals surface area contributed by atoms with Crippen molar-refractivity contribution >= 4 is 11.9 Å². The van der Waals surface area contributed by atoms with E-state index in [0.717, 1.165) is 44.5 Å². The highest BCUT2D eigenvalue weighted by atomic mass is 19.1. The van der Waals surface area contributed by atoms with Crippen LogP contribution in [0.5, 0.6) is 23.0 Å². The normalized spacial score (nSPS) is 12.1. The van der Waals surface area contributed by atoms with E-state index >= 15 is 0 Å². The molecule has 0 spiro atoms. The van der Waals surface area contributed by atoms with Gasteiger partial charge in [0.15, 0.2) is 0 Å². The molecule has 10 heteroatoms. The van der Waals surface area contributed by atoms with Crippen LogP contribution in [0.25, 0.3) is 22.3 Å². The number of hydrogen-bond acceptors (Lipinski definition) is 8. The molecule has 6 aromatic carbocycles. The number of rotatable bonds is 17. The standard InChI is InChI=1S/C31H35FO4.C31H33FO4/c2*1-7-8-23(18-30(33)35-6)22-10-12-24(13-11-22)36-20-21-9-15-28(31(2,3)4)26(17-21)27-19-25(34-5)14-16-29(27)32/h7-17,19,23H,18,20H2,1-6H3;9-17,19,23H,18,20H2,1-6H3/b8-7-;/t2*23-/m11/s1. The van der Waals surface area contributed by atoms with Gasteiger partial charge in [0.1, 0.15) is 47.8 Å². The van der Waals surface area contributed by atoms with Crippen LogP contribution < -0.4 is 18.9 Å². The molecular formula is C62H68F2O8. The topological polar surface area (TPSA) is 89.5 Å². The number of esters is 2. The minimum absolute atomic E-state index is 0.0539. The average molecular weight is 979 g/mol. The van der Waals surface area contributed by atoms with E-state index in [4.69, 9.17) is 28.4 Å². The van der Waals surface area contributed by atoms with E-state index in [-0.39, 0.29) is 59.1 Å². The molecule has 8 nitrogen and oxygen atoms in total. The van der Waals surface area contributed by atoms with E-state index in [2.05, 4.69) is 53.4 Å². The zero-order valence-electron chi connectivity index (χ0n) is 43.7. The molecule has 0 unspecified atom stereocenters. The van der Waals surface area contributed by atoms with Crippen molar-refractivity contribution in [1.29, 1.82) is 0 Å². The van der Waals surface area contributed by atoms with Gasteiger partial charge in [-0.05, 0) is 142 Å². The Morgan fingerprint density at radius 2 is 0.958 bits per heavy atom. The fraction of sp³-hybridized carbons (Fsp3) is 0.323. The molecule has 0 aromatic heterocycles. The maximum absolute atomic E-state index is 14.9. The first kappa shape index (κ1) is 55.5. The van der Waals surface area contributed by atoms with E-state index in [9.17, 15) is 18.4 Å². The molecule has 0 N–H and O–H groups in total. The first-order chi connectivity index (χ1) is 34.3. The fourth-order valence-electron chi connectivity index (χ4n) is 8.20. The molecule has 0 aliphatic heterocycles.